The van der Waals surface area contributed by atoms with E-state index < -0.39 is 0 Å². The van der Waals surface area contributed by atoms with Crippen molar-refractivity contribution in [1.29, 1.82) is 0 Å². The van der Waals surface area contributed by atoms with E-state index in [1.165, 1.54) is 0 Å². The maximum Gasteiger partial charge on any atom is 0.255 e. The van der Waals surface area contributed by atoms with Gasteiger partial charge in [0.25, 0.3) is 5.91 Å². The predicted octanol–water partition coefficient (Wildman–Crippen LogP) is 1.96. The molecular weight excluding hydrogens is 342 g/mol. The summed E-state index contributed by atoms with van der Waals surface area (Å²) in [4.78, 5) is 35.3. The molecule has 0 radical (unpaired) electrons. The van der Waals surface area contributed by atoms with Crippen LogP contribution in [0.1, 0.15) is 34.6 Å². The molecule has 7 nitrogen and oxygen atoms in total. The molecule has 3 aromatic rings. The Morgan fingerprint density at radius 3 is 2.93 bits per heavy atom. The van der Waals surface area contributed by atoms with Crippen molar-refractivity contribution >= 4 is 17.5 Å². The second-order valence-electron chi connectivity index (χ2n) is 6.88. The fraction of sp³-hybridized carbons (Fsp3) is 0.300. The van der Waals surface area contributed by atoms with Crippen molar-refractivity contribution < 1.29 is 9.59 Å². The monoisotopic (exact) mass is 363 g/mol. The van der Waals surface area contributed by atoms with Crippen LogP contribution in [0, 0.1) is 6.92 Å². The molecule has 1 atom stereocenters. The first kappa shape index (κ1) is 17.2. The minimum Gasteiger partial charge on any atom is -0.352 e. The number of nitrogens with zero attached hydrogens (tertiary/aromatic N) is 4. The molecule has 1 saturated heterocycles. The number of imidazole rings is 1. The van der Waals surface area contributed by atoms with E-state index in [-0.39, 0.29) is 17.9 Å². The van der Waals surface area contributed by atoms with Crippen molar-refractivity contribution in [1.82, 2.24) is 24.6 Å². The number of hydrogen-bond acceptors (Lipinski definition) is 4. The van der Waals surface area contributed by atoms with Crippen LogP contribution >= 0.6 is 0 Å². The van der Waals surface area contributed by atoms with Gasteiger partial charge in [0.1, 0.15) is 5.65 Å². The lowest BCUT2D eigenvalue weighted by atomic mass is 10.1. The summed E-state index contributed by atoms with van der Waals surface area (Å²) in [6, 6.07) is 9.27. The van der Waals surface area contributed by atoms with Crippen molar-refractivity contribution in [3.8, 4) is 0 Å². The highest BCUT2D eigenvalue weighted by Crippen LogP contribution is 2.15. The average Bonchev–Trinajstić information content (AvgIpc) is 3.24. The number of hydrogen-bond donors (Lipinski definition) is 1. The molecule has 4 heterocycles. The molecule has 27 heavy (non-hydrogen) atoms. The Hall–Kier alpha value is -3.22. The zero-order chi connectivity index (χ0) is 18.8. The number of nitrogens with one attached hydrogen (secondary N) is 1. The molecule has 0 unspecified atom stereocenters. The van der Waals surface area contributed by atoms with Crippen molar-refractivity contribution in [2.45, 2.75) is 32.4 Å². The van der Waals surface area contributed by atoms with Gasteiger partial charge in [-0.25, -0.2) is 4.98 Å². The van der Waals surface area contributed by atoms with E-state index in [1.807, 2.05) is 41.8 Å². The topological polar surface area (TPSA) is 79.6 Å². The molecule has 4 rings (SSSR count). The molecule has 1 N–H and O–H groups in total. The lowest BCUT2D eigenvalue weighted by Crippen LogP contribution is -2.41. The van der Waals surface area contributed by atoms with Gasteiger partial charge in [-0.05, 0) is 37.6 Å². The van der Waals surface area contributed by atoms with Gasteiger partial charge < -0.3 is 14.6 Å². The van der Waals surface area contributed by atoms with Gasteiger partial charge in [0.05, 0.1) is 23.5 Å². The fourth-order valence-electron chi connectivity index (χ4n) is 3.41. The molecule has 0 spiro atoms. The van der Waals surface area contributed by atoms with E-state index in [1.54, 1.807) is 23.4 Å². The van der Waals surface area contributed by atoms with Crippen LogP contribution in [0.3, 0.4) is 0 Å². The van der Waals surface area contributed by atoms with Gasteiger partial charge in [0, 0.05) is 37.6 Å². The SMILES string of the molecule is Cc1cn2cc(C(=O)N(Cc3ccccn3)C[C@@H]3CCC(=O)N3)ccc2n1. The molecule has 7 heteroatoms. The van der Waals surface area contributed by atoms with Gasteiger partial charge in [-0.2, -0.15) is 0 Å². The van der Waals surface area contributed by atoms with Crippen molar-refractivity contribution in [3.63, 3.8) is 0 Å². The van der Waals surface area contributed by atoms with E-state index in [0.29, 0.717) is 25.1 Å². The average molecular weight is 363 g/mol. The third-order valence-electron chi connectivity index (χ3n) is 4.71. The Morgan fingerprint density at radius 1 is 1.30 bits per heavy atom. The smallest absolute Gasteiger partial charge is 0.255 e. The van der Waals surface area contributed by atoms with Gasteiger partial charge in [-0.1, -0.05) is 6.07 Å². The summed E-state index contributed by atoms with van der Waals surface area (Å²) < 4.78 is 1.86. The molecule has 2 amide bonds. The van der Waals surface area contributed by atoms with Crippen LogP contribution in [-0.2, 0) is 11.3 Å². The number of carbonyl (C=O) groups is 2. The van der Waals surface area contributed by atoms with Gasteiger partial charge in [0.2, 0.25) is 5.91 Å². The normalized spacial score (nSPS) is 16.5. The third kappa shape index (κ3) is 3.81. The zero-order valence-corrected chi connectivity index (χ0v) is 15.1. The van der Waals surface area contributed by atoms with Gasteiger partial charge >= 0.3 is 0 Å². The maximum absolute atomic E-state index is 13.2. The van der Waals surface area contributed by atoms with E-state index in [9.17, 15) is 9.59 Å². The first-order chi connectivity index (χ1) is 13.1. The maximum atomic E-state index is 13.2. The van der Waals surface area contributed by atoms with E-state index in [0.717, 1.165) is 23.5 Å². The van der Waals surface area contributed by atoms with Crippen LogP contribution in [0.4, 0.5) is 0 Å². The molecule has 0 saturated carbocycles. The lowest BCUT2D eigenvalue weighted by Gasteiger charge is -2.25. The molecule has 138 valence electrons. The number of aromatic nitrogens is 3. The quantitative estimate of drug-likeness (QED) is 0.751. The molecule has 0 aromatic carbocycles. The van der Waals surface area contributed by atoms with E-state index in [2.05, 4.69) is 15.3 Å². The summed E-state index contributed by atoms with van der Waals surface area (Å²) in [5, 5.41) is 2.94. The Balaban J connectivity index is 1.60. The molecule has 1 aliphatic rings. The number of carbonyl (C=O) groups excluding carboxylic acids is 2. The summed E-state index contributed by atoms with van der Waals surface area (Å²) in [6.07, 6.45) is 6.67. The first-order valence-corrected chi connectivity index (χ1v) is 9.02. The number of rotatable bonds is 5. The van der Waals surface area contributed by atoms with Crippen LogP contribution in [-0.4, -0.2) is 43.7 Å². The summed E-state index contributed by atoms with van der Waals surface area (Å²) in [5.74, 6) is -0.0457. The van der Waals surface area contributed by atoms with E-state index in [4.69, 9.17) is 0 Å². The standard InChI is InChI=1S/C20H21N5O2/c1-14-10-24-11-15(5-7-18(24)22-14)20(27)25(12-16-4-2-3-9-21-16)13-17-6-8-19(26)23-17/h2-5,7,9-11,17H,6,8,12-13H2,1H3,(H,23,26)/t17-/m0/s1. The van der Waals surface area contributed by atoms with Gasteiger partial charge in [-0.15, -0.1) is 0 Å². The third-order valence-corrected chi connectivity index (χ3v) is 4.71. The number of pyridine rings is 2. The summed E-state index contributed by atoms with van der Waals surface area (Å²) >= 11 is 0. The van der Waals surface area contributed by atoms with E-state index >= 15 is 0 Å². The molecule has 3 aromatic heterocycles. The van der Waals surface area contributed by atoms with Crippen LogP contribution in [0.2, 0.25) is 0 Å². The first-order valence-electron chi connectivity index (χ1n) is 9.02. The minimum atomic E-state index is -0.0879. The van der Waals surface area contributed by atoms with Crippen LogP contribution in [0.5, 0.6) is 0 Å². The molecular formula is C20H21N5O2. The van der Waals surface area contributed by atoms with Gasteiger partial charge in [0.15, 0.2) is 0 Å². The second kappa shape index (κ2) is 7.19. The lowest BCUT2D eigenvalue weighted by molar-refractivity contribution is -0.119. The highest BCUT2D eigenvalue weighted by Gasteiger charge is 2.26. The van der Waals surface area contributed by atoms with Crippen LogP contribution < -0.4 is 5.32 Å². The molecule has 1 aliphatic heterocycles. The molecule has 0 bridgehead atoms. The van der Waals surface area contributed by atoms with Crippen molar-refractivity contribution in [2.75, 3.05) is 6.54 Å². The van der Waals surface area contributed by atoms with Crippen molar-refractivity contribution in [3.05, 3.63) is 65.9 Å². The summed E-state index contributed by atoms with van der Waals surface area (Å²) in [6.45, 7) is 2.78. The Morgan fingerprint density at radius 2 is 2.19 bits per heavy atom. The Labute approximate surface area is 157 Å². The van der Waals surface area contributed by atoms with Crippen LogP contribution in [0.15, 0.2) is 48.9 Å². The number of aryl methyl sites for hydroxylation is 1. The zero-order valence-electron chi connectivity index (χ0n) is 15.1. The fourth-order valence-corrected chi connectivity index (χ4v) is 3.41. The summed E-state index contributed by atoms with van der Waals surface area (Å²) in [5.41, 5.74) is 3.11. The Kier molecular flexibility index (Phi) is 4.58. The predicted molar refractivity (Wildman–Crippen MR) is 100 cm³/mol. The number of amides is 2. The molecule has 0 aliphatic carbocycles. The second-order valence-corrected chi connectivity index (χ2v) is 6.88. The molecule has 1 fully saturated rings. The van der Waals surface area contributed by atoms with Gasteiger partial charge in [-0.3, -0.25) is 14.6 Å². The number of fused-ring (bicyclic) bond motifs is 1. The minimum absolute atomic E-state index is 0.0237. The largest absolute Gasteiger partial charge is 0.352 e. The van der Waals surface area contributed by atoms with Crippen LogP contribution in [0.25, 0.3) is 5.65 Å². The highest BCUT2D eigenvalue weighted by atomic mass is 16.2. The van der Waals surface area contributed by atoms with Crippen molar-refractivity contribution in [2.24, 2.45) is 0 Å². The Bertz CT molecular complexity index is 982. The summed E-state index contributed by atoms with van der Waals surface area (Å²) in [7, 11) is 0. The highest BCUT2D eigenvalue weighted by molar-refractivity contribution is 5.94.